The average molecular weight is 408 g/mol. The van der Waals surface area contributed by atoms with Crippen molar-refractivity contribution in [2.45, 2.75) is 5.41 Å². The molecule has 3 nitrogen and oxygen atoms in total. The summed E-state index contributed by atoms with van der Waals surface area (Å²) >= 11 is 0. The minimum Gasteiger partial charge on any atom is -0.497 e. The quantitative estimate of drug-likeness (QED) is 0.281. The van der Waals surface area contributed by atoms with Crippen LogP contribution in [0.1, 0.15) is 27.0 Å². The van der Waals surface area contributed by atoms with Gasteiger partial charge in [0.25, 0.3) is 0 Å². The second-order valence-corrected chi connectivity index (χ2v) is 7.27. The van der Waals surface area contributed by atoms with Gasteiger partial charge in [-0.15, -0.1) is 0 Å². The topological polar surface area (TPSA) is 35.5 Å². The summed E-state index contributed by atoms with van der Waals surface area (Å²) in [5.41, 5.74) is 2.27. The summed E-state index contributed by atoms with van der Waals surface area (Å²) < 4.78 is 10.7. The van der Waals surface area contributed by atoms with Crippen LogP contribution in [0.2, 0.25) is 0 Å². The maximum Gasteiger partial charge on any atom is 0.182 e. The number of ketones is 1. The van der Waals surface area contributed by atoms with Crippen molar-refractivity contribution >= 4 is 5.78 Å². The minimum atomic E-state index is -1.03. The summed E-state index contributed by atoms with van der Waals surface area (Å²) in [6.45, 7) is 0. The fourth-order valence-corrected chi connectivity index (χ4v) is 4.07. The van der Waals surface area contributed by atoms with E-state index in [1.54, 1.807) is 14.2 Å². The van der Waals surface area contributed by atoms with Gasteiger partial charge in [0.05, 0.1) is 14.2 Å². The molecule has 0 radical (unpaired) electrons. The van der Waals surface area contributed by atoms with Gasteiger partial charge in [0, 0.05) is 5.56 Å². The second kappa shape index (κ2) is 8.88. The highest BCUT2D eigenvalue weighted by atomic mass is 16.5. The van der Waals surface area contributed by atoms with Crippen LogP contribution in [-0.4, -0.2) is 20.0 Å². The first-order chi connectivity index (χ1) is 15.2. The molecule has 0 N–H and O–H groups in total. The Bertz CT molecular complexity index is 1090. The van der Waals surface area contributed by atoms with Crippen molar-refractivity contribution in [1.29, 1.82) is 0 Å². The zero-order valence-corrected chi connectivity index (χ0v) is 17.6. The first kappa shape index (κ1) is 20.4. The van der Waals surface area contributed by atoms with Gasteiger partial charge in [-0.3, -0.25) is 4.79 Å². The van der Waals surface area contributed by atoms with Gasteiger partial charge in [0.1, 0.15) is 16.9 Å². The Morgan fingerprint density at radius 2 is 0.935 bits per heavy atom. The normalized spacial score (nSPS) is 11.0. The molecular weight excluding hydrogens is 384 g/mol. The molecule has 4 aromatic rings. The molecule has 0 unspecified atom stereocenters. The predicted octanol–water partition coefficient (Wildman–Crippen LogP) is 5.92. The van der Waals surface area contributed by atoms with Gasteiger partial charge >= 0.3 is 0 Å². The van der Waals surface area contributed by atoms with Gasteiger partial charge in [-0.05, 0) is 41.0 Å². The molecule has 0 fully saturated rings. The number of carbonyl (C=O) groups is 1. The van der Waals surface area contributed by atoms with Crippen molar-refractivity contribution in [2.24, 2.45) is 0 Å². The van der Waals surface area contributed by atoms with Crippen molar-refractivity contribution in [1.82, 2.24) is 0 Å². The number of Topliss-reactive ketones (excluding diaryl/α,β-unsaturated/α-hetero) is 1. The highest BCUT2D eigenvalue weighted by molar-refractivity contribution is 6.09. The summed E-state index contributed by atoms with van der Waals surface area (Å²) in [6.07, 6.45) is 0. The summed E-state index contributed by atoms with van der Waals surface area (Å²) in [5.74, 6) is 1.50. The molecule has 0 heterocycles. The number of methoxy groups -OCH3 is 2. The molecule has 31 heavy (non-hydrogen) atoms. The van der Waals surface area contributed by atoms with Crippen molar-refractivity contribution < 1.29 is 14.3 Å². The van der Waals surface area contributed by atoms with Crippen LogP contribution in [0.4, 0.5) is 0 Å². The smallest absolute Gasteiger partial charge is 0.182 e. The molecule has 0 spiro atoms. The van der Waals surface area contributed by atoms with E-state index in [0.29, 0.717) is 5.56 Å². The van der Waals surface area contributed by atoms with Gasteiger partial charge in [-0.1, -0.05) is 84.9 Å². The van der Waals surface area contributed by atoms with Gasteiger partial charge in [0.2, 0.25) is 0 Å². The lowest BCUT2D eigenvalue weighted by Crippen LogP contribution is -2.38. The van der Waals surface area contributed by atoms with Crippen LogP contribution >= 0.6 is 0 Å². The lowest BCUT2D eigenvalue weighted by atomic mass is 9.65. The first-order valence-electron chi connectivity index (χ1n) is 10.1. The predicted molar refractivity (Wildman–Crippen MR) is 123 cm³/mol. The zero-order valence-electron chi connectivity index (χ0n) is 17.6. The SMILES string of the molecule is COc1ccc(C(C(=O)c2ccccc2)(c2ccccc2)c2ccc(OC)cc2)cc1. The third kappa shape index (κ3) is 3.71. The van der Waals surface area contributed by atoms with E-state index in [9.17, 15) is 4.79 Å². The van der Waals surface area contributed by atoms with E-state index >= 15 is 0 Å². The van der Waals surface area contributed by atoms with Crippen LogP contribution in [0, 0.1) is 0 Å². The highest BCUT2D eigenvalue weighted by Gasteiger charge is 2.44. The maximum absolute atomic E-state index is 14.3. The zero-order chi connectivity index (χ0) is 21.7. The largest absolute Gasteiger partial charge is 0.497 e. The van der Waals surface area contributed by atoms with Crippen LogP contribution in [-0.2, 0) is 5.41 Å². The summed E-state index contributed by atoms with van der Waals surface area (Å²) in [4.78, 5) is 14.3. The molecule has 0 bridgehead atoms. The van der Waals surface area contributed by atoms with Crippen LogP contribution in [0.5, 0.6) is 11.5 Å². The summed E-state index contributed by atoms with van der Waals surface area (Å²) in [7, 11) is 3.27. The lowest BCUT2D eigenvalue weighted by Gasteiger charge is -2.35. The molecule has 0 aliphatic heterocycles. The number of benzene rings is 4. The number of rotatable bonds is 7. The summed E-state index contributed by atoms with van der Waals surface area (Å²) in [5, 5.41) is 0. The van der Waals surface area contributed by atoms with E-state index < -0.39 is 5.41 Å². The molecule has 0 aromatic heterocycles. The van der Waals surface area contributed by atoms with E-state index in [0.717, 1.165) is 28.2 Å². The van der Waals surface area contributed by atoms with E-state index in [1.165, 1.54) is 0 Å². The Labute approximate surface area is 182 Å². The first-order valence-corrected chi connectivity index (χ1v) is 10.1. The molecule has 0 amide bonds. The Morgan fingerprint density at radius 3 is 1.35 bits per heavy atom. The van der Waals surface area contributed by atoms with E-state index in [-0.39, 0.29) is 5.78 Å². The van der Waals surface area contributed by atoms with Crippen LogP contribution in [0.25, 0.3) is 0 Å². The van der Waals surface area contributed by atoms with Crippen molar-refractivity contribution in [2.75, 3.05) is 14.2 Å². The van der Waals surface area contributed by atoms with Crippen LogP contribution in [0.3, 0.4) is 0 Å². The number of hydrogen-bond donors (Lipinski definition) is 0. The maximum atomic E-state index is 14.3. The lowest BCUT2D eigenvalue weighted by molar-refractivity contribution is 0.0935. The molecule has 0 saturated carbocycles. The molecule has 4 aromatic carbocycles. The molecule has 4 rings (SSSR count). The number of carbonyl (C=O) groups excluding carboxylic acids is 1. The third-order valence-electron chi connectivity index (χ3n) is 5.63. The fraction of sp³-hybridized carbons (Fsp3) is 0.107. The van der Waals surface area contributed by atoms with Crippen LogP contribution in [0.15, 0.2) is 109 Å². The Morgan fingerprint density at radius 1 is 0.548 bits per heavy atom. The van der Waals surface area contributed by atoms with E-state index in [1.807, 2.05) is 109 Å². The number of ether oxygens (including phenoxy) is 2. The molecule has 154 valence electrons. The van der Waals surface area contributed by atoms with Gasteiger partial charge in [0.15, 0.2) is 5.78 Å². The second-order valence-electron chi connectivity index (χ2n) is 7.27. The third-order valence-corrected chi connectivity index (χ3v) is 5.63. The molecule has 0 aliphatic carbocycles. The monoisotopic (exact) mass is 408 g/mol. The molecular formula is C28H24O3. The standard InChI is InChI=1S/C28H24O3/c1-30-25-17-13-23(14-18-25)28(22-11-7-4-8-12-22,24-15-19-26(31-2)20-16-24)27(29)21-9-5-3-6-10-21/h3-20H,1-2H3. The Kier molecular flexibility index (Phi) is 5.85. The summed E-state index contributed by atoms with van der Waals surface area (Å²) in [6, 6.07) is 34.8. The van der Waals surface area contributed by atoms with Crippen molar-refractivity contribution in [3.05, 3.63) is 131 Å². The highest BCUT2D eigenvalue weighted by Crippen LogP contribution is 2.43. The average Bonchev–Trinajstić information content (AvgIpc) is 2.86. The molecule has 0 aliphatic rings. The van der Waals surface area contributed by atoms with E-state index in [2.05, 4.69) is 0 Å². The van der Waals surface area contributed by atoms with Gasteiger partial charge in [-0.25, -0.2) is 0 Å². The Balaban J connectivity index is 2.05. The van der Waals surface area contributed by atoms with Gasteiger partial charge in [-0.2, -0.15) is 0 Å². The van der Waals surface area contributed by atoms with Crippen molar-refractivity contribution in [3.8, 4) is 11.5 Å². The van der Waals surface area contributed by atoms with Crippen LogP contribution < -0.4 is 9.47 Å². The minimum absolute atomic E-state index is 0.00892. The molecule has 0 saturated heterocycles. The molecule has 0 atom stereocenters. The molecule has 3 heteroatoms. The van der Waals surface area contributed by atoms with Crippen molar-refractivity contribution in [3.63, 3.8) is 0 Å². The van der Waals surface area contributed by atoms with E-state index in [4.69, 9.17) is 9.47 Å². The van der Waals surface area contributed by atoms with Gasteiger partial charge < -0.3 is 9.47 Å². The fourth-order valence-electron chi connectivity index (χ4n) is 4.07. The number of hydrogen-bond acceptors (Lipinski definition) is 3. The Hall–Kier alpha value is -3.85.